The van der Waals surface area contributed by atoms with E-state index in [1.807, 2.05) is 7.05 Å². The third kappa shape index (κ3) is 4.80. The Kier molecular flexibility index (Phi) is 4.97. The highest BCUT2D eigenvalue weighted by Gasteiger charge is 2.21. The lowest BCUT2D eigenvalue weighted by molar-refractivity contribution is 0.0696. The van der Waals surface area contributed by atoms with Crippen molar-refractivity contribution in [3.05, 3.63) is 35.4 Å². The molecular weight excluding hydrogens is 292 g/mol. The van der Waals surface area contributed by atoms with Gasteiger partial charge >= 0.3 is 5.97 Å². The van der Waals surface area contributed by atoms with Gasteiger partial charge in [-0.25, -0.2) is 17.9 Å². The van der Waals surface area contributed by atoms with Crippen LogP contribution in [-0.2, 0) is 15.8 Å². The first-order valence-electron chi connectivity index (χ1n) is 6.84. The van der Waals surface area contributed by atoms with Gasteiger partial charge in [-0.15, -0.1) is 0 Å². The van der Waals surface area contributed by atoms with Gasteiger partial charge in [0, 0.05) is 13.1 Å². The Bertz CT molecular complexity index is 615. The average Bonchev–Trinajstić information content (AvgIpc) is 2.82. The first-order valence-corrected chi connectivity index (χ1v) is 8.49. The molecule has 0 aromatic heterocycles. The molecule has 116 valence electrons. The molecule has 1 fully saturated rings. The fourth-order valence-corrected chi connectivity index (χ4v) is 3.71. The van der Waals surface area contributed by atoms with E-state index in [1.165, 1.54) is 12.1 Å². The van der Waals surface area contributed by atoms with Crippen LogP contribution in [0.25, 0.3) is 0 Å². The minimum atomic E-state index is -3.44. The number of sulfonamides is 1. The summed E-state index contributed by atoms with van der Waals surface area (Å²) in [6.07, 6.45) is 0.994. The Morgan fingerprint density at radius 2 is 2.24 bits per heavy atom. The van der Waals surface area contributed by atoms with Crippen LogP contribution in [0.2, 0.25) is 0 Å². The van der Waals surface area contributed by atoms with Gasteiger partial charge in [-0.3, -0.25) is 0 Å². The van der Waals surface area contributed by atoms with Crippen LogP contribution in [0.1, 0.15) is 22.3 Å². The Morgan fingerprint density at radius 1 is 1.48 bits per heavy atom. The Labute approximate surface area is 124 Å². The van der Waals surface area contributed by atoms with Crippen molar-refractivity contribution in [1.82, 2.24) is 9.62 Å². The van der Waals surface area contributed by atoms with E-state index in [-0.39, 0.29) is 11.3 Å². The van der Waals surface area contributed by atoms with E-state index in [1.54, 1.807) is 12.1 Å². The molecule has 1 heterocycles. The van der Waals surface area contributed by atoms with Crippen molar-refractivity contribution in [2.45, 2.75) is 12.2 Å². The van der Waals surface area contributed by atoms with Crippen LogP contribution in [0.15, 0.2) is 24.3 Å². The number of benzene rings is 1. The summed E-state index contributed by atoms with van der Waals surface area (Å²) in [5.74, 6) is -0.914. The minimum Gasteiger partial charge on any atom is -0.478 e. The fourth-order valence-electron chi connectivity index (χ4n) is 2.50. The smallest absolute Gasteiger partial charge is 0.335 e. The van der Waals surface area contributed by atoms with Gasteiger partial charge < -0.3 is 10.0 Å². The summed E-state index contributed by atoms with van der Waals surface area (Å²) in [4.78, 5) is 13.1. The molecule has 6 nitrogen and oxygen atoms in total. The molecule has 0 aliphatic carbocycles. The summed E-state index contributed by atoms with van der Waals surface area (Å²) in [7, 11) is -1.42. The summed E-state index contributed by atoms with van der Waals surface area (Å²) in [5.41, 5.74) is 0.575. The van der Waals surface area contributed by atoms with Gasteiger partial charge in [0.15, 0.2) is 0 Å². The van der Waals surface area contributed by atoms with Crippen LogP contribution < -0.4 is 4.72 Å². The second kappa shape index (κ2) is 6.55. The van der Waals surface area contributed by atoms with Gasteiger partial charge in [0.2, 0.25) is 10.0 Å². The number of likely N-dealkylation sites (tertiary alicyclic amines) is 1. The maximum Gasteiger partial charge on any atom is 0.335 e. The molecule has 1 unspecified atom stereocenters. The molecule has 0 radical (unpaired) electrons. The first kappa shape index (κ1) is 15.9. The standard InChI is InChI=1S/C14H20N2O4S/c1-16-6-5-12(9-16)8-15-21(19,20)10-11-3-2-4-13(7-11)14(17)18/h2-4,7,12,15H,5-6,8-10H2,1H3,(H,17,18). The Morgan fingerprint density at radius 3 is 2.86 bits per heavy atom. The lowest BCUT2D eigenvalue weighted by atomic mass is 10.1. The molecule has 0 saturated carbocycles. The molecule has 0 spiro atoms. The van der Waals surface area contributed by atoms with Crippen LogP contribution in [0.5, 0.6) is 0 Å². The van der Waals surface area contributed by atoms with Crippen LogP contribution in [0.3, 0.4) is 0 Å². The first-order chi connectivity index (χ1) is 9.85. The topological polar surface area (TPSA) is 86.7 Å². The highest BCUT2D eigenvalue weighted by molar-refractivity contribution is 7.88. The molecule has 1 aliphatic rings. The largest absolute Gasteiger partial charge is 0.478 e. The Hall–Kier alpha value is -1.44. The molecule has 1 saturated heterocycles. The summed E-state index contributed by atoms with van der Waals surface area (Å²) in [5, 5.41) is 8.91. The molecule has 21 heavy (non-hydrogen) atoms. The lowest BCUT2D eigenvalue weighted by Crippen LogP contribution is -2.31. The van der Waals surface area contributed by atoms with E-state index >= 15 is 0 Å². The molecule has 0 bridgehead atoms. The van der Waals surface area contributed by atoms with Crippen LogP contribution >= 0.6 is 0 Å². The van der Waals surface area contributed by atoms with Gasteiger partial charge in [-0.1, -0.05) is 12.1 Å². The normalized spacial score (nSPS) is 19.8. The van der Waals surface area contributed by atoms with Crippen LogP contribution in [0, 0.1) is 5.92 Å². The van der Waals surface area contributed by atoms with Crippen molar-refractivity contribution < 1.29 is 18.3 Å². The van der Waals surface area contributed by atoms with E-state index in [9.17, 15) is 13.2 Å². The van der Waals surface area contributed by atoms with E-state index in [2.05, 4.69) is 9.62 Å². The average molecular weight is 312 g/mol. The maximum absolute atomic E-state index is 12.0. The number of aromatic carboxylic acids is 1. The van der Waals surface area contributed by atoms with Crippen LogP contribution in [-0.4, -0.2) is 51.1 Å². The summed E-state index contributed by atoms with van der Waals surface area (Å²) in [6.45, 7) is 2.33. The minimum absolute atomic E-state index is 0.0973. The third-order valence-corrected chi connectivity index (χ3v) is 4.93. The van der Waals surface area contributed by atoms with Gasteiger partial charge in [-0.2, -0.15) is 0 Å². The van der Waals surface area contributed by atoms with E-state index in [0.717, 1.165) is 19.5 Å². The fraction of sp³-hybridized carbons (Fsp3) is 0.500. The zero-order valence-electron chi connectivity index (χ0n) is 11.9. The number of hydrogen-bond acceptors (Lipinski definition) is 4. The van der Waals surface area contributed by atoms with Crippen LogP contribution in [0.4, 0.5) is 0 Å². The molecule has 7 heteroatoms. The summed E-state index contributed by atoms with van der Waals surface area (Å²) >= 11 is 0. The van der Waals surface area contributed by atoms with Crippen molar-refractivity contribution in [3.63, 3.8) is 0 Å². The van der Waals surface area contributed by atoms with E-state index < -0.39 is 16.0 Å². The van der Waals surface area contributed by atoms with Crippen molar-refractivity contribution in [3.8, 4) is 0 Å². The number of carboxylic acids is 1. The highest BCUT2D eigenvalue weighted by Crippen LogP contribution is 2.14. The van der Waals surface area contributed by atoms with Gasteiger partial charge in [-0.05, 0) is 43.6 Å². The molecular formula is C14H20N2O4S. The second-order valence-electron chi connectivity index (χ2n) is 5.53. The third-order valence-electron chi connectivity index (χ3n) is 3.61. The number of rotatable bonds is 6. The molecule has 0 amide bonds. The number of carbonyl (C=O) groups is 1. The molecule has 2 rings (SSSR count). The van der Waals surface area contributed by atoms with E-state index in [0.29, 0.717) is 18.0 Å². The van der Waals surface area contributed by atoms with Gasteiger partial charge in [0.25, 0.3) is 0 Å². The van der Waals surface area contributed by atoms with Crippen molar-refractivity contribution in [2.75, 3.05) is 26.7 Å². The Balaban J connectivity index is 1.94. The second-order valence-corrected chi connectivity index (χ2v) is 7.34. The summed E-state index contributed by atoms with van der Waals surface area (Å²) < 4.78 is 26.7. The molecule has 2 N–H and O–H groups in total. The SMILES string of the molecule is CN1CCC(CNS(=O)(=O)Cc2cccc(C(=O)O)c2)C1. The quantitative estimate of drug-likeness (QED) is 0.810. The van der Waals surface area contributed by atoms with Crippen molar-refractivity contribution in [1.29, 1.82) is 0 Å². The molecule has 1 aliphatic heterocycles. The molecule has 1 aromatic rings. The van der Waals surface area contributed by atoms with Crippen molar-refractivity contribution in [2.24, 2.45) is 5.92 Å². The van der Waals surface area contributed by atoms with Crippen molar-refractivity contribution >= 4 is 16.0 Å². The highest BCUT2D eigenvalue weighted by atomic mass is 32.2. The predicted molar refractivity (Wildman–Crippen MR) is 79.6 cm³/mol. The number of carboxylic acid groups (broad SMARTS) is 1. The number of hydrogen-bond donors (Lipinski definition) is 2. The molecule has 1 atom stereocenters. The maximum atomic E-state index is 12.0. The zero-order valence-corrected chi connectivity index (χ0v) is 12.8. The monoisotopic (exact) mass is 312 g/mol. The number of nitrogens with zero attached hydrogens (tertiary/aromatic N) is 1. The summed E-state index contributed by atoms with van der Waals surface area (Å²) in [6, 6.07) is 6.01. The molecule has 1 aromatic carbocycles. The van der Waals surface area contributed by atoms with Gasteiger partial charge in [0.05, 0.1) is 11.3 Å². The number of nitrogens with one attached hydrogen (secondary N) is 1. The van der Waals surface area contributed by atoms with E-state index in [4.69, 9.17) is 5.11 Å². The predicted octanol–water partition coefficient (Wildman–Crippen LogP) is 0.756. The zero-order chi connectivity index (χ0) is 15.5. The van der Waals surface area contributed by atoms with Gasteiger partial charge in [0.1, 0.15) is 0 Å². The lowest BCUT2D eigenvalue weighted by Gasteiger charge is -2.12.